The number of benzene rings is 1. The van der Waals surface area contributed by atoms with Crippen molar-refractivity contribution in [2.45, 2.75) is 6.92 Å². The van der Waals surface area contributed by atoms with E-state index in [0.717, 1.165) is 5.01 Å². The van der Waals surface area contributed by atoms with Crippen molar-refractivity contribution in [2.24, 2.45) is 0 Å². The van der Waals surface area contributed by atoms with Crippen molar-refractivity contribution in [1.82, 2.24) is 4.98 Å². The van der Waals surface area contributed by atoms with E-state index in [4.69, 9.17) is 5.26 Å². The van der Waals surface area contributed by atoms with Gasteiger partial charge in [0, 0.05) is 10.9 Å². The standard InChI is InChI=1S/C13H7FN2S/c1-9-16-13(8-17-9)3-2-10-4-11(7-15)6-12(14)5-10/h4-6,8H,1H3/i14-1. The quantitative estimate of drug-likeness (QED) is 0.665. The third-order valence-corrected chi connectivity index (χ3v) is 2.75. The smallest absolute Gasteiger partial charge is 0.125 e. The SMILES string of the molecule is Cc1nc(C#Cc2cc([18F])cc(C#N)c2)cs1. The van der Waals surface area contributed by atoms with E-state index in [1.54, 1.807) is 6.07 Å². The van der Waals surface area contributed by atoms with Crippen LogP contribution < -0.4 is 0 Å². The van der Waals surface area contributed by atoms with Crippen LogP contribution in [-0.2, 0) is 0 Å². The summed E-state index contributed by atoms with van der Waals surface area (Å²) in [5.74, 6) is 5.17. The number of hydrogen-bond acceptors (Lipinski definition) is 3. The van der Waals surface area contributed by atoms with E-state index >= 15 is 0 Å². The number of aromatic nitrogens is 1. The molecule has 0 saturated heterocycles. The summed E-state index contributed by atoms with van der Waals surface area (Å²) in [7, 11) is 0. The highest BCUT2D eigenvalue weighted by atomic mass is 32.1. The molecule has 2 aromatic rings. The van der Waals surface area contributed by atoms with Gasteiger partial charge in [-0.25, -0.2) is 9.37 Å². The maximum Gasteiger partial charge on any atom is 0.125 e. The van der Waals surface area contributed by atoms with Gasteiger partial charge >= 0.3 is 0 Å². The fourth-order valence-corrected chi connectivity index (χ4v) is 1.83. The third-order valence-electron chi connectivity index (χ3n) is 1.98. The van der Waals surface area contributed by atoms with Crippen LogP contribution in [0.2, 0.25) is 0 Å². The van der Waals surface area contributed by atoms with E-state index in [9.17, 15) is 4.39 Å². The molecule has 0 radical (unpaired) electrons. The van der Waals surface area contributed by atoms with Crippen molar-refractivity contribution < 1.29 is 4.39 Å². The van der Waals surface area contributed by atoms with Gasteiger partial charge in [-0.3, -0.25) is 0 Å². The lowest BCUT2D eigenvalue weighted by Crippen LogP contribution is -1.83. The molecular weight excluding hydrogens is 234 g/mol. The molecule has 1 heterocycles. The molecule has 4 heteroatoms. The Balaban J connectivity index is 2.34. The molecule has 1 aromatic carbocycles. The lowest BCUT2D eigenvalue weighted by molar-refractivity contribution is 0.627. The largest absolute Gasteiger partial charge is 0.233 e. The average molecular weight is 241 g/mol. The first-order valence-electron chi connectivity index (χ1n) is 4.82. The van der Waals surface area contributed by atoms with Gasteiger partial charge in [0.15, 0.2) is 0 Å². The van der Waals surface area contributed by atoms with Gasteiger partial charge in [-0.2, -0.15) is 5.26 Å². The molecule has 0 unspecified atom stereocenters. The predicted molar refractivity (Wildman–Crippen MR) is 63.9 cm³/mol. The Morgan fingerprint density at radius 2 is 2.00 bits per heavy atom. The van der Waals surface area contributed by atoms with Crippen LogP contribution in [0.5, 0.6) is 0 Å². The van der Waals surface area contributed by atoms with Crippen LogP contribution in [0.25, 0.3) is 0 Å². The maximum absolute atomic E-state index is 13.1. The Morgan fingerprint density at radius 1 is 1.24 bits per heavy atom. The van der Waals surface area contributed by atoms with Gasteiger partial charge in [-0.05, 0) is 31.0 Å². The lowest BCUT2D eigenvalue weighted by Gasteiger charge is -1.92. The van der Waals surface area contributed by atoms with Crippen LogP contribution in [-0.4, -0.2) is 4.98 Å². The summed E-state index contributed by atoms with van der Waals surface area (Å²) in [6, 6.07) is 5.92. The number of rotatable bonds is 0. The molecule has 82 valence electrons. The Morgan fingerprint density at radius 3 is 2.65 bits per heavy atom. The van der Waals surface area contributed by atoms with Crippen LogP contribution in [0.15, 0.2) is 23.6 Å². The van der Waals surface area contributed by atoms with E-state index in [-0.39, 0.29) is 5.56 Å². The fraction of sp³-hybridized carbons (Fsp3) is 0.0769. The lowest BCUT2D eigenvalue weighted by atomic mass is 10.1. The van der Waals surface area contributed by atoms with Gasteiger partial charge in [0.2, 0.25) is 0 Å². The van der Waals surface area contributed by atoms with Crippen molar-refractivity contribution >= 4 is 11.3 Å². The van der Waals surface area contributed by atoms with Gasteiger partial charge in [-0.1, -0.05) is 5.92 Å². The molecule has 0 amide bonds. The van der Waals surface area contributed by atoms with E-state index < -0.39 is 5.82 Å². The molecular formula is C13H7FN2S. The molecule has 2 rings (SSSR count). The zero-order valence-corrected chi connectivity index (χ0v) is 9.81. The van der Waals surface area contributed by atoms with Crippen LogP contribution in [0.3, 0.4) is 0 Å². The molecule has 17 heavy (non-hydrogen) atoms. The Kier molecular flexibility index (Phi) is 3.18. The maximum atomic E-state index is 13.1. The minimum absolute atomic E-state index is 0.267. The Hall–Kier alpha value is -2.17. The zero-order chi connectivity index (χ0) is 12.3. The second-order valence-electron chi connectivity index (χ2n) is 3.34. The minimum Gasteiger partial charge on any atom is -0.233 e. The number of halogens is 1. The summed E-state index contributed by atoms with van der Waals surface area (Å²) in [6.07, 6.45) is 0. The second-order valence-corrected chi connectivity index (χ2v) is 4.40. The minimum atomic E-state index is -0.456. The van der Waals surface area contributed by atoms with E-state index in [2.05, 4.69) is 16.8 Å². The number of aryl methyl sites for hydroxylation is 1. The molecule has 0 atom stereocenters. The molecule has 0 saturated carbocycles. The summed E-state index contributed by atoms with van der Waals surface area (Å²) < 4.78 is 13.1. The zero-order valence-electron chi connectivity index (χ0n) is 8.99. The third kappa shape index (κ3) is 2.90. The van der Waals surface area contributed by atoms with Crippen LogP contribution in [0, 0.1) is 35.9 Å². The molecule has 0 N–H and O–H groups in total. The average Bonchev–Trinajstić information content (AvgIpc) is 2.72. The first kappa shape index (κ1) is 11.3. The number of hydrogen-bond donors (Lipinski definition) is 0. The fourth-order valence-electron chi connectivity index (χ4n) is 1.28. The summed E-state index contributed by atoms with van der Waals surface area (Å²) >= 11 is 1.51. The van der Waals surface area contributed by atoms with E-state index in [1.165, 1.54) is 23.5 Å². The predicted octanol–water partition coefficient (Wildman–Crippen LogP) is 2.86. The first-order valence-corrected chi connectivity index (χ1v) is 5.70. The van der Waals surface area contributed by atoms with Gasteiger partial charge in [0.25, 0.3) is 0 Å². The highest BCUT2D eigenvalue weighted by molar-refractivity contribution is 7.09. The van der Waals surface area contributed by atoms with Gasteiger partial charge in [0.05, 0.1) is 16.6 Å². The first-order chi connectivity index (χ1) is 8.17. The monoisotopic (exact) mass is 241 g/mol. The Labute approximate surface area is 102 Å². The van der Waals surface area contributed by atoms with Crippen LogP contribution in [0.4, 0.5) is 4.39 Å². The van der Waals surface area contributed by atoms with Gasteiger partial charge < -0.3 is 0 Å². The van der Waals surface area contributed by atoms with Crippen molar-refractivity contribution in [3.63, 3.8) is 0 Å². The van der Waals surface area contributed by atoms with Crippen molar-refractivity contribution in [3.8, 4) is 17.9 Å². The van der Waals surface area contributed by atoms with Crippen LogP contribution in [0.1, 0.15) is 21.8 Å². The highest BCUT2D eigenvalue weighted by Crippen LogP contribution is 2.09. The summed E-state index contributed by atoms with van der Waals surface area (Å²) in [6.45, 7) is 1.89. The van der Waals surface area contributed by atoms with Crippen molar-refractivity contribution in [2.75, 3.05) is 0 Å². The molecule has 0 spiro atoms. The molecule has 0 fully saturated rings. The van der Waals surface area contributed by atoms with Gasteiger partial charge in [-0.15, -0.1) is 11.3 Å². The number of thiazole rings is 1. The van der Waals surface area contributed by atoms with E-state index in [1.807, 2.05) is 18.4 Å². The summed E-state index contributed by atoms with van der Waals surface area (Å²) in [5.41, 5.74) is 1.41. The van der Waals surface area contributed by atoms with Crippen molar-refractivity contribution in [3.05, 3.63) is 51.2 Å². The molecule has 0 aliphatic carbocycles. The van der Waals surface area contributed by atoms with Gasteiger partial charge in [0.1, 0.15) is 11.5 Å². The normalized spacial score (nSPS) is 9.24. The molecule has 0 bridgehead atoms. The Bertz CT molecular complexity index is 656. The summed E-state index contributed by atoms with van der Waals surface area (Å²) in [4.78, 5) is 4.18. The topological polar surface area (TPSA) is 36.7 Å². The molecule has 1 aromatic heterocycles. The molecule has 2 nitrogen and oxygen atoms in total. The molecule has 0 aliphatic rings. The highest BCUT2D eigenvalue weighted by Gasteiger charge is 1.98. The summed E-state index contributed by atoms with van der Waals surface area (Å²) in [5, 5.41) is 11.5. The molecule has 0 aliphatic heterocycles. The van der Waals surface area contributed by atoms with Crippen molar-refractivity contribution in [1.29, 1.82) is 5.26 Å². The second kappa shape index (κ2) is 4.78. The van der Waals surface area contributed by atoms with E-state index in [0.29, 0.717) is 11.3 Å². The number of nitriles is 1. The van der Waals surface area contributed by atoms with Crippen LogP contribution >= 0.6 is 11.3 Å². The number of nitrogens with zero attached hydrogens (tertiary/aromatic N) is 2.